The van der Waals surface area contributed by atoms with E-state index in [2.05, 4.69) is 15.3 Å². The van der Waals surface area contributed by atoms with Gasteiger partial charge in [-0.3, -0.25) is 0 Å². The molecule has 2 N–H and O–H groups in total. The predicted octanol–water partition coefficient (Wildman–Crippen LogP) is 2.70. The molecule has 2 atom stereocenters. The Morgan fingerprint density at radius 3 is 2.65 bits per heavy atom. The van der Waals surface area contributed by atoms with Gasteiger partial charge in [-0.05, 0) is 39.1 Å². The Morgan fingerprint density at radius 1 is 1.55 bits per heavy atom. The third-order valence-electron chi connectivity index (χ3n) is 2.90. The fraction of sp³-hybridized carbons (Fsp3) is 0.909. The smallest absolute Gasteiger partial charge is 0.407 e. The lowest BCUT2D eigenvalue weighted by molar-refractivity contribution is -0.211. The average molecular weight is 292 g/mol. The largest absolute Gasteiger partial charge is 0.444 e. The molecule has 1 aliphatic carbocycles. The van der Waals surface area contributed by atoms with E-state index in [0.29, 0.717) is 0 Å². The van der Waals surface area contributed by atoms with Crippen LogP contribution in [0.4, 0.5) is 13.6 Å². The third-order valence-corrected chi connectivity index (χ3v) is 2.90. The molecule has 9 heteroatoms. The number of hydrogen-bond donors (Lipinski definition) is 2. The van der Waals surface area contributed by atoms with Crippen LogP contribution in [0.15, 0.2) is 5.11 Å². The number of hydrogen-bond acceptors (Lipinski definition) is 4. The first-order valence-electron chi connectivity index (χ1n) is 6.18. The molecule has 0 aromatic rings. The SMILES string of the molecule is CC(C)(C)OC(=O)N[C@H]1CCCC(F)(F)[C@@]1(O)N=[N+]=[N-]. The predicted molar refractivity (Wildman–Crippen MR) is 66.1 cm³/mol. The number of nitrogens with zero attached hydrogens (tertiary/aromatic N) is 3. The number of amides is 1. The number of alkyl halides is 2. The summed E-state index contributed by atoms with van der Waals surface area (Å²) in [5.41, 5.74) is 4.58. The van der Waals surface area contributed by atoms with E-state index >= 15 is 0 Å². The molecule has 20 heavy (non-hydrogen) atoms. The van der Waals surface area contributed by atoms with Gasteiger partial charge >= 0.3 is 6.09 Å². The first kappa shape index (κ1) is 16.5. The van der Waals surface area contributed by atoms with Crippen LogP contribution >= 0.6 is 0 Å². The van der Waals surface area contributed by atoms with Crippen molar-refractivity contribution < 1.29 is 23.4 Å². The average Bonchev–Trinajstić information content (AvgIpc) is 2.23. The van der Waals surface area contributed by atoms with E-state index in [1.165, 1.54) is 0 Å². The van der Waals surface area contributed by atoms with Gasteiger partial charge in [-0.15, -0.1) is 0 Å². The number of nitrogens with one attached hydrogen (secondary N) is 1. The standard InChI is InChI=1S/C11H18F2N4O3/c1-9(2,3)20-8(18)15-7-5-4-6-10(12,13)11(7,19)16-17-14/h7,19H,4-6H2,1-3H3,(H,15,18)/t7-,11+/m0/s1. The van der Waals surface area contributed by atoms with Crippen LogP contribution in [0.3, 0.4) is 0 Å². The van der Waals surface area contributed by atoms with Gasteiger partial charge in [0.15, 0.2) is 0 Å². The Labute approximate surface area is 114 Å². The summed E-state index contributed by atoms with van der Waals surface area (Å²) in [5.74, 6) is -3.61. The van der Waals surface area contributed by atoms with Crippen LogP contribution < -0.4 is 5.32 Å². The van der Waals surface area contributed by atoms with Gasteiger partial charge in [-0.2, -0.15) is 0 Å². The fourth-order valence-corrected chi connectivity index (χ4v) is 2.00. The van der Waals surface area contributed by atoms with E-state index in [0.717, 1.165) is 0 Å². The molecular weight excluding hydrogens is 274 g/mol. The van der Waals surface area contributed by atoms with E-state index in [1.54, 1.807) is 20.8 Å². The van der Waals surface area contributed by atoms with Crippen molar-refractivity contribution in [2.45, 2.75) is 63.3 Å². The van der Waals surface area contributed by atoms with Crippen molar-refractivity contribution in [2.75, 3.05) is 0 Å². The van der Waals surface area contributed by atoms with Crippen LogP contribution in [0.5, 0.6) is 0 Å². The Kier molecular flexibility index (Phi) is 4.45. The maximum absolute atomic E-state index is 13.8. The number of aliphatic hydroxyl groups is 1. The number of carbonyl (C=O) groups excluding carboxylic acids is 1. The van der Waals surface area contributed by atoms with E-state index in [1.807, 2.05) is 0 Å². The minimum absolute atomic E-state index is 0.0599. The molecule has 1 rings (SSSR count). The summed E-state index contributed by atoms with van der Waals surface area (Å²) in [6.45, 7) is 4.84. The second-order valence-corrected chi connectivity index (χ2v) is 5.71. The summed E-state index contributed by atoms with van der Waals surface area (Å²) in [6.07, 6.45) is -1.43. The van der Waals surface area contributed by atoms with Crippen molar-refractivity contribution in [3.63, 3.8) is 0 Å². The van der Waals surface area contributed by atoms with Gasteiger partial charge < -0.3 is 15.2 Å². The highest BCUT2D eigenvalue weighted by molar-refractivity contribution is 5.68. The van der Waals surface area contributed by atoms with Crippen molar-refractivity contribution >= 4 is 6.09 Å². The van der Waals surface area contributed by atoms with Gasteiger partial charge in [0.2, 0.25) is 5.72 Å². The number of carbonyl (C=O) groups is 1. The molecule has 1 saturated carbocycles. The molecule has 1 aliphatic rings. The van der Waals surface area contributed by atoms with Crippen molar-refractivity contribution in [3.05, 3.63) is 10.4 Å². The van der Waals surface area contributed by atoms with Gasteiger partial charge in [0, 0.05) is 11.3 Å². The van der Waals surface area contributed by atoms with Crippen molar-refractivity contribution in [1.82, 2.24) is 5.32 Å². The molecular formula is C11H18F2N4O3. The van der Waals surface area contributed by atoms with Crippen LogP contribution in [-0.2, 0) is 4.74 Å². The lowest BCUT2D eigenvalue weighted by atomic mass is 9.84. The molecule has 7 nitrogen and oxygen atoms in total. The quantitative estimate of drug-likeness (QED) is 0.464. The monoisotopic (exact) mass is 292 g/mol. The second kappa shape index (κ2) is 5.41. The van der Waals surface area contributed by atoms with E-state index in [-0.39, 0.29) is 12.8 Å². The van der Waals surface area contributed by atoms with Gasteiger partial charge in [-0.25, -0.2) is 13.6 Å². The van der Waals surface area contributed by atoms with Crippen LogP contribution in [0.1, 0.15) is 40.0 Å². The van der Waals surface area contributed by atoms with Crippen molar-refractivity contribution in [2.24, 2.45) is 5.11 Å². The van der Waals surface area contributed by atoms with E-state index in [4.69, 9.17) is 10.3 Å². The minimum atomic E-state index is -3.61. The fourth-order valence-electron chi connectivity index (χ4n) is 2.00. The molecule has 0 heterocycles. The zero-order chi connectivity index (χ0) is 15.6. The lowest BCUT2D eigenvalue weighted by Gasteiger charge is -2.42. The summed E-state index contributed by atoms with van der Waals surface area (Å²) >= 11 is 0. The molecule has 114 valence electrons. The third kappa shape index (κ3) is 3.49. The van der Waals surface area contributed by atoms with Crippen molar-refractivity contribution in [1.29, 1.82) is 0 Å². The van der Waals surface area contributed by atoms with Gasteiger partial charge in [-0.1, -0.05) is 5.11 Å². The summed E-state index contributed by atoms with van der Waals surface area (Å²) in [7, 11) is 0. The normalized spacial score (nSPS) is 29.2. The molecule has 0 aromatic heterocycles. The zero-order valence-electron chi connectivity index (χ0n) is 11.6. The molecule has 1 fully saturated rings. The second-order valence-electron chi connectivity index (χ2n) is 5.71. The highest BCUT2D eigenvalue weighted by Gasteiger charge is 2.59. The summed E-state index contributed by atoms with van der Waals surface area (Å²) < 4.78 is 32.5. The molecule has 0 aliphatic heterocycles. The Morgan fingerprint density at radius 2 is 2.15 bits per heavy atom. The molecule has 1 amide bonds. The number of ether oxygens (including phenoxy) is 1. The highest BCUT2D eigenvalue weighted by Crippen LogP contribution is 2.43. The van der Waals surface area contributed by atoms with E-state index < -0.39 is 35.8 Å². The van der Waals surface area contributed by atoms with Gasteiger partial charge in [0.25, 0.3) is 5.92 Å². The van der Waals surface area contributed by atoms with Crippen LogP contribution in [0, 0.1) is 0 Å². The van der Waals surface area contributed by atoms with Crippen LogP contribution in [-0.4, -0.2) is 34.5 Å². The molecule has 0 unspecified atom stereocenters. The molecule has 0 saturated heterocycles. The summed E-state index contributed by atoms with van der Waals surface area (Å²) in [6, 6.07) is -1.41. The number of alkyl carbamates (subject to hydrolysis) is 1. The molecule has 0 aromatic carbocycles. The Bertz CT molecular complexity index is 432. The molecule has 0 spiro atoms. The Balaban J connectivity index is 2.92. The maximum Gasteiger partial charge on any atom is 0.407 e. The van der Waals surface area contributed by atoms with Crippen LogP contribution in [0.25, 0.3) is 10.4 Å². The highest BCUT2D eigenvalue weighted by atomic mass is 19.3. The first-order valence-corrected chi connectivity index (χ1v) is 6.18. The van der Waals surface area contributed by atoms with Crippen molar-refractivity contribution in [3.8, 4) is 0 Å². The van der Waals surface area contributed by atoms with Crippen LogP contribution in [0.2, 0.25) is 0 Å². The van der Waals surface area contributed by atoms with Gasteiger partial charge in [0.05, 0.1) is 6.04 Å². The Hall–Kier alpha value is -1.60. The maximum atomic E-state index is 13.8. The lowest BCUT2D eigenvalue weighted by Crippen LogP contribution is -2.63. The minimum Gasteiger partial charge on any atom is -0.444 e. The summed E-state index contributed by atoms with van der Waals surface area (Å²) in [4.78, 5) is 13.9. The topological polar surface area (TPSA) is 107 Å². The zero-order valence-corrected chi connectivity index (χ0v) is 11.6. The molecule has 0 radical (unpaired) electrons. The van der Waals surface area contributed by atoms with Gasteiger partial charge in [0.1, 0.15) is 5.60 Å². The first-order chi connectivity index (χ1) is 9.02. The number of halogens is 2. The number of azide groups is 1. The molecule has 0 bridgehead atoms. The summed E-state index contributed by atoms with van der Waals surface area (Å²) in [5, 5.41) is 14.9. The number of rotatable bonds is 2. The van der Waals surface area contributed by atoms with E-state index in [9.17, 15) is 18.7 Å².